The second-order valence-electron chi connectivity index (χ2n) is 5.29. The summed E-state index contributed by atoms with van der Waals surface area (Å²) in [6.07, 6.45) is 1.72. The zero-order valence-electron chi connectivity index (χ0n) is 13.1. The maximum atomic E-state index is 5.75. The molecule has 2 heteroatoms. The van der Waals surface area contributed by atoms with Crippen molar-refractivity contribution < 1.29 is 9.47 Å². The third-order valence-corrected chi connectivity index (χ3v) is 3.50. The molecular weight excluding hydrogens is 260 g/mol. The minimum Gasteiger partial charge on any atom is -0.465 e. The van der Waals surface area contributed by atoms with Crippen molar-refractivity contribution in [1.82, 2.24) is 0 Å². The van der Waals surface area contributed by atoms with Gasteiger partial charge in [-0.25, -0.2) is 0 Å². The third-order valence-electron chi connectivity index (χ3n) is 3.50. The van der Waals surface area contributed by atoms with Crippen molar-refractivity contribution in [3.8, 4) is 5.75 Å². The van der Waals surface area contributed by atoms with Gasteiger partial charge in [-0.2, -0.15) is 0 Å². The molecule has 112 valence electrons. The van der Waals surface area contributed by atoms with Gasteiger partial charge in [-0.3, -0.25) is 0 Å². The van der Waals surface area contributed by atoms with E-state index in [1.54, 1.807) is 0 Å². The van der Waals surface area contributed by atoms with Gasteiger partial charge in [0.05, 0.1) is 6.61 Å². The lowest BCUT2D eigenvalue weighted by Gasteiger charge is -2.15. The molecule has 1 unspecified atom stereocenters. The fourth-order valence-electron chi connectivity index (χ4n) is 2.13. The van der Waals surface area contributed by atoms with E-state index < -0.39 is 0 Å². The Balaban J connectivity index is 1.73. The number of aryl methyl sites for hydroxylation is 2. The first-order chi connectivity index (χ1) is 10.2. The molecule has 0 saturated carbocycles. The Labute approximate surface area is 127 Å². The molecule has 0 saturated heterocycles. The lowest BCUT2D eigenvalue weighted by atomic mass is 10.1. The van der Waals surface area contributed by atoms with Gasteiger partial charge in [-0.05, 0) is 49.9 Å². The summed E-state index contributed by atoms with van der Waals surface area (Å²) >= 11 is 0. The van der Waals surface area contributed by atoms with E-state index in [-0.39, 0.29) is 6.29 Å². The van der Waals surface area contributed by atoms with Crippen LogP contribution in [-0.2, 0) is 17.6 Å². The van der Waals surface area contributed by atoms with Gasteiger partial charge in [0.25, 0.3) is 0 Å². The maximum Gasteiger partial charge on any atom is 0.196 e. The number of ether oxygens (including phenoxy) is 2. The SMILES string of the molecule is CCc1ccc(OC(C)OCCc2ccc(C)cc2)cc1. The predicted molar refractivity (Wildman–Crippen MR) is 86.7 cm³/mol. The molecule has 0 heterocycles. The molecule has 0 bridgehead atoms. The van der Waals surface area contributed by atoms with E-state index in [4.69, 9.17) is 9.47 Å². The van der Waals surface area contributed by atoms with Crippen molar-refractivity contribution in [3.63, 3.8) is 0 Å². The number of rotatable bonds is 7. The van der Waals surface area contributed by atoms with Gasteiger partial charge < -0.3 is 9.47 Å². The topological polar surface area (TPSA) is 18.5 Å². The standard InChI is InChI=1S/C19H24O2/c1-4-17-9-11-19(12-10-17)21-16(3)20-14-13-18-7-5-15(2)6-8-18/h5-12,16H,4,13-14H2,1-3H3. The highest BCUT2D eigenvalue weighted by Gasteiger charge is 2.04. The molecule has 0 aliphatic carbocycles. The van der Waals surface area contributed by atoms with Crippen molar-refractivity contribution in [2.24, 2.45) is 0 Å². The molecule has 1 atom stereocenters. The van der Waals surface area contributed by atoms with Crippen LogP contribution in [0.3, 0.4) is 0 Å². The van der Waals surface area contributed by atoms with E-state index in [2.05, 4.69) is 50.2 Å². The van der Waals surface area contributed by atoms with E-state index in [0.29, 0.717) is 6.61 Å². The quantitative estimate of drug-likeness (QED) is 0.695. The average molecular weight is 284 g/mol. The number of hydrogen-bond donors (Lipinski definition) is 0. The second-order valence-corrected chi connectivity index (χ2v) is 5.29. The molecule has 0 radical (unpaired) electrons. The molecular formula is C19H24O2. The summed E-state index contributed by atoms with van der Waals surface area (Å²) in [6.45, 7) is 6.84. The van der Waals surface area contributed by atoms with Crippen molar-refractivity contribution >= 4 is 0 Å². The summed E-state index contributed by atoms with van der Waals surface area (Å²) in [4.78, 5) is 0. The molecule has 0 N–H and O–H groups in total. The second kappa shape index (κ2) is 7.84. The summed E-state index contributed by atoms with van der Waals surface area (Å²) in [5.74, 6) is 0.857. The average Bonchev–Trinajstić information content (AvgIpc) is 2.50. The highest BCUT2D eigenvalue weighted by Crippen LogP contribution is 2.14. The summed E-state index contributed by atoms with van der Waals surface area (Å²) in [5, 5.41) is 0. The maximum absolute atomic E-state index is 5.75. The molecule has 2 nitrogen and oxygen atoms in total. The lowest BCUT2D eigenvalue weighted by molar-refractivity contribution is -0.0654. The normalized spacial score (nSPS) is 12.1. The van der Waals surface area contributed by atoms with Crippen molar-refractivity contribution in [1.29, 1.82) is 0 Å². The number of hydrogen-bond acceptors (Lipinski definition) is 2. The van der Waals surface area contributed by atoms with E-state index in [9.17, 15) is 0 Å². The molecule has 0 amide bonds. The van der Waals surface area contributed by atoms with Gasteiger partial charge in [0.1, 0.15) is 5.75 Å². The molecule has 0 spiro atoms. The zero-order chi connectivity index (χ0) is 15.1. The summed E-state index contributed by atoms with van der Waals surface area (Å²) in [6, 6.07) is 16.7. The Morgan fingerprint density at radius 2 is 1.52 bits per heavy atom. The zero-order valence-corrected chi connectivity index (χ0v) is 13.1. The van der Waals surface area contributed by atoms with Crippen LogP contribution < -0.4 is 4.74 Å². The molecule has 2 rings (SSSR count). The smallest absolute Gasteiger partial charge is 0.196 e. The van der Waals surface area contributed by atoms with Gasteiger partial charge in [0.15, 0.2) is 6.29 Å². The highest BCUT2D eigenvalue weighted by molar-refractivity contribution is 5.27. The minimum atomic E-state index is -0.233. The van der Waals surface area contributed by atoms with Gasteiger partial charge in [0, 0.05) is 0 Å². The molecule has 0 fully saturated rings. The van der Waals surface area contributed by atoms with Crippen LogP contribution in [0.4, 0.5) is 0 Å². The molecule has 2 aromatic carbocycles. The Morgan fingerprint density at radius 1 is 0.905 bits per heavy atom. The molecule has 0 aliphatic rings. The van der Waals surface area contributed by atoms with Gasteiger partial charge in [-0.15, -0.1) is 0 Å². The van der Waals surface area contributed by atoms with Crippen LogP contribution >= 0.6 is 0 Å². The van der Waals surface area contributed by atoms with E-state index >= 15 is 0 Å². The Morgan fingerprint density at radius 3 is 2.14 bits per heavy atom. The monoisotopic (exact) mass is 284 g/mol. The van der Waals surface area contributed by atoms with Gasteiger partial charge >= 0.3 is 0 Å². The third kappa shape index (κ3) is 5.24. The van der Waals surface area contributed by atoms with Crippen molar-refractivity contribution in [2.45, 2.75) is 39.9 Å². The summed E-state index contributed by atoms with van der Waals surface area (Å²) < 4.78 is 11.5. The van der Waals surface area contributed by atoms with Crippen molar-refractivity contribution in [3.05, 3.63) is 65.2 Å². The predicted octanol–water partition coefficient (Wildman–Crippen LogP) is 4.54. The Kier molecular flexibility index (Phi) is 5.82. The van der Waals surface area contributed by atoms with Crippen LogP contribution in [0.5, 0.6) is 5.75 Å². The molecule has 2 aromatic rings. The van der Waals surface area contributed by atoms with Gasteiger partial charge in [0.2, 0.25) is 0 Å². The van der Waals surface area contributed by atoms with Crippen LogP contribution in [0.25, 0.3) is 0 Å². The van der Waals surface area contributed by atoms with Crippen molar-refractivity contribution in [2.75, 3.05) is 6.61 Å². The van der Waals surface area contributed by atoms with E-state index in [1.807, 2.05) is 19.1 Å². The highest BCUT2D eigenvalue weighted by atomic mass is 16.7. The van der Waals surface area contributed by atoms with Crippen LogP contribution in [0, 0.1) is 6.92 Å². The number of benzene rings is 2. The summed E-state index contributed by atoms with van der Waals surface area (Å²) in [5.41, 5.74) is 3.89. The van der Waals surface area contributed by atoms with Crippen LogP contribution in [0.2, 0.25) is 0 Å². The van der Waals surface area contributed by atoms with Crippen LogP contribution in [0.15, 0.2) is 48.5 Å². The first-order valence-corrected chi connectivity index (χ1v) is 7.60. The molecule has 0 aromatic heterocycles. The largest absolute Gasteiger partial charge is 0.465 e. The summed E-state index contributed by atoms with van der Waals surface area (Å²) in [7, 11) is 0. The molecule has 0 aliphatic heterocycles. The lowest BCUT2D eigenvalue weighted by Crippen LogP contribution is -2.17. The van der Waals surface area contributed by atoms with Gasteiger partial charge in [-0.1, -0.05) is 48.9 Å². The fraction of sp³-hybridized carbons (Fsp3) is 0.368. The minimum absolute atomic E-state index is 0.233. The van der Waals surface area contributed by atoms with E-state index in [0.717, 1.165) is 18.6 Å². The Bertz CT molecular complexity index is 528. The fourth-order valence-corrected chi connectivity index (χ4v) is 2.13. The molecule has 21 heavy (non-hydrogen) atoms. The van der Waals surface area contributed by atoms with Crippen LogP contribution in [-0.4, -0.2) is 12.9 Å². The first-order valence-electron chi connectivity index (χ1n) is 7.60. The Hall–Kier alpha value is -1.80. The van der Waals surface area contributed by atoms with E-state index in [1.165, 1.54) is 16.7 Å². The van der Waals surface area contributed by atoms with Crippen LogP contribution in [0.1, 0.15) is 30.5 Å². The first kappa shape index (κ1) is 15.6.